The van der Waals surface area contributed by atoms with Gasteiger partial charge in [0.05, 0.1) is 12.2 Å². The maximum atomic E-state index is 13.2. The van der Waals surface area contributed by atoms with Crippen LogP contribution in [0.25, 0.3) is 5.70 Å². The van der Waals surface area contributed by atoms with Crippen LogP contribution in [0.3, 0.4) is 0 Å². The monoisotopic (exact) mass is 526 g/mol. The third-order valence-electron chi connectivity index (χ3n) is 5.35. The molecular weight excluding hydrogens is 507 g/mol. The van der Waals surface area contributed by atoms with Crippen molar-refractivity contribution < 1.29 is 13.2 Å². The summed E-state index contributed by atoms with van der Waals surface area (Å²) in [5.74, 6) is -0.573. The maximum absolute atomic E-state index is 13.2. The van der Waals surface area contributed by atoms with Crippen molar-refractivity contribution in [2.45, 2.75) is 25.8 Å². The first-order chi connectivity index (χ1) is 15.7. The molecule has 0 unspecified atom stereocenters. The Morgan fingerprint density at radius 2 is 1.64 bits per heavy atom. The van der Waals surface area contributed by atoms with Crippen molar-refractivity contribution in [2.24, 2.45) is 4.40 Å². The molecule has 1 amide bonds. The van der Waals surface area contributed by atoms with Crippen molar-refractivity contribution in [2.75, 3.05) is 13.1 Å². The van der Waals surface area contributed by atoms with Gasteiger partial charge in [0, 0.05) is 28.2 Å². The van der Waals surface area contributed by atoms with E-state index in [9.17, 15) is 13.2 Å². The summed E-state index contributed by atoms with van der Waals surface area (Å²) in [4.78, 5) is 12.9. The SMILES string of the molecule is O=C(NN1CCCCC1)C1=NS(=O)(=O)N(Cc2ccc(Cl)cc2Cl)C(c2ccc(Cl)cc2)=C1. The predicted molar refractivity (Wildman–Crippen MR) is 131 cm³/mol. The molecule has 1 saturated heterocycles. The molecule has 1 N–H and O–H groups in total. The van der Waals surface area contributed by atoms with Gasteiger partial charge in [-0.2, -0.15) is 8.42 Å². The number of hydrazine groups is 1. The zero-order chi connectivity index (χ0) is 23.6. The molecule has 1 fully saturated rings. The number of piperidine rings is 1. The Morgan fingerprint density at radius 1 is 0.970 bits per heavy atom. The van der Waals surface area contributed by atoms with Crippen molar-refractivity contribution in [1.29, 1.82) is 0 Å². The number of nitrogens with one attached hydrogen (secondary N) is 1. The number of halogens is 3. The van der Waals surface area contributed by atoms with Crippen LogP contribution >= 0.6 is 34.8 Å². The standard InChI is InChI=1S/C22H21Cl3N4O3S/c23-17-7-4-15(5-8-17)21-13-20(22(30)26-28-10-2-1-3-11-28)27-33(31,32)29(21)14-16-6-9-18(24)12-19(16)25/h4-9,12-13H,1-3,10-11,14H2,(H,26,30). The van der Waals surface area contributed by atoms with Crippen LogP contribution in [-0.2, 0) is 21.5 Å². The van der Waals surface area contributed by atoms with Gasteiger partial charge in [-0.25, -0.2) is 9.31 Å². The Hall–Kier alpha value is -2.10. The fraction of sp³-hybridized carbons (Fsp3) is 0.273. The average molecular weight is 528 g/mol. The van der Waals surface area contributed by atoms with Crippen LogP contribution in [0.5, 0.6) is 0 Å². The lowest BCUT2D eigenvalue weighted by atomic mass is 10.1. The van der Waals surface area contributed by atoms with E-state index in [4.69, 9.17) is 34.8 Å². The van der Waals surface area contributed by atoms with Crippen LogP contribution < -0.4 is 5.43 Å². The number of benzene rings is 2. The Balaban J connectivity index is 1.71. The van der Waals surface area contributed by atoms with E-state index < -0.39 is 16.1 Å². The molecule has 2 heterocycles. The van der Waals surface area contributed by atoms with Gasteiger partial charge in [-0.3, -0.25) is 10.2 Å². The van der Waals surface area contributed by atoms with Gasteiger partial charge in [-0.15, -0.1) is 4.40 Å². The van der Waals surface area contributed by atoms with E-state index in [0.717, 1.165) is 23.6 Å². The smallest absolute Gasteiger partial charge is 0.283 e. The van der Waals surface area contributed by atoms with Crippen molar-refractivity contribution >= 4 is 62.3 Å². The average Bonchev–Trinajstić information content (AvgIpc) is 2.77. The Bertz CT molecular complexity index is 1220. The first-order valence-corrected chi connectivity index (χ1v) is 12.9. The molecule has 11 heteroatoms. The first kappa shape index (κ1) is 24.0. The molecule has 0 aliphatic carbocycles. The van der Waals surface area contributed by atoms with Gasteiger partial charge in [0.25, 0.3) is 5.91 Å². The molecule has 2 aromatic carbocycles. The molecule has 4 rings (SSSR count). The minimum Gasteiger partial charge on any atom is -0.283 e. The number of nitrogens with zero attached hydrogens (tertiary/aromatic N) is 3. The number of amides is 1. The van der Waals surface area contributed by atoms with Crippen molar-refractivity contribution in [3.05, 3.63) is 74.7 Å². The summed E-state index contributed by atoms with van der Waals surface area (Å²) in [6.07, 6.45) is 4.50. The second-order valence-electron chi connectivity index (χ2n) is 7.72. The summed E-state index contributed by atoms with van der Waals surface area (Å²) in [7, 11) is -4.24. The molecule has 0 aromatic heterocycles. The maximum Gasteiger partial charge on any atom is 0.345 e. The summed E-state index contributed by atoms with van der Waals surface area (Å²) in [6.45, 7) is 1.33. The van der Waals surface area contributed by atoms with E-state index in [1.165, 1.54) is 6.08 Å². The van der Waals surface area contributed by atoms with E-state index in [0.29, 0.717) is 39.3 Å². The van der Waals surface area contributed by atoms with E-state index in [1.54, 1.807) is 47.5 Å². The highest BCUT2D eigenvalue weighted by atomic mass is 35.5. The third-order valence-corrected chi connectivity index (χ3v) is 7.50. The molecule has 0 spiro atoms. The van der Waals surface area contributed by atoms with E-state index in [1.807, 2.05) is 0 Å². The molecule has 2 aliphatic rings. The highest BCUT2D eigenvalue weighted by Crippen LogP contribution is 2.32. The van der Waals surface area contributed by atoms with Crippen LogP contribution in [0.1, 0.15) is 30.4 Å². The van der Waals surface area contributed by atoms with Crippen LogP contribution in [0.2, 0.25) is 15.1 Å². The first-order valence-electron chi connectivity index (χ1n) is 10.3. The second-order valence-corrected chi connectivity index (χ2v) is 10.5. The summed E-state index contributed by atoms with van der Waals surface area (Å²) < 4.78 is 31.4. The quantitative estimate of drug-likeness (QED) is 0.611. The predicted octanol–water partition coefficient (Wildman–Crippen LogP) is 4.71. The van der Waals surface area contributed by atoms with Gasteiger partial charge in [-0.05, 0) is 54.3 Å². The van der Waals surface area contributed by atoms with Crippen LogP contribution in [0.15, 0.2) is 52.9 Å². The van der Waals surface area contributed by atoms with Crippen molar-refractivity contribution in [3.8, 4) is 0 Å². The molecule has 0 bridgehead atoms. The van der Waals surface area contributed by atoms with Crippen LogP contribution in [0.4, 0.5) is 0 Å². The molecule has 174 valence electrons. The van der Waals surface area contributed by atoms with Gasteiger partial charge in [-0.1, -0.05) is 59.4 Å². The minimum absolute atomic E-state index is 0.0860. The molecule has 7 nitrogen and oxygen atoms in total. The number of hydrogen-bond acceptors (Lipinski definition) is 4. The molecule has 33 heavy (non-hydrogen) atoms. The number of rotatable bonds is 5. The van der Waals surface area contributed by atoms with Crippen molar-refractivity contribution in [1.82, 2.24) is 14.7 Å². The molecule has 0 radical (unpaired) electrons. The molecule has 0 saturated carbocycles. The normalized spacial score (nSPS) is 18.5. The Kier molecular flexibility index (Phi) is 7.31. The lowest BCUT2D eigenvalue weighted by Gasteiger charge is -2.30. The number of carbonyl (C=O) groups is 1. The zero-order valence-electron chi connectivity index (χ0n) is 17.5. The second kappa shape index (κ2) is 10.0. The molecule has 2 aliphatic heterocycles. The lowest BCUT2D eigenvalue weighted by Crippen LogP contribution is -2.48. The summed E-state index contributed by atoms with van der Waals surface area (Å²) in [5, 5.41) is 3.05. The third kappa shape index (κ3) is 5.70. The highest BCUT2D eigenvalue weighted by Gasteiger charge is 2.33. The fourth-order valence-electron chi connectivity index (χ4n) is 3.66. The van der Waals surface area contributed by atoms with Gasteiger partial charge in [0.1, 0.15) is 5.71 Å². The van der Waals surface area contributed by atoms with Gasteiger partial charge in [0.15, 0.2) is 0 Å². The van der Waals surface area contributed by atoms with E-state index in [2.05, 4.69) is 9.82 Å². The molecular formula is C22H21Cl3N4O3S. The molecule has 2 aromatic rings. The largest absolute Gasteiger partial charge is 0.345 e. The van der Waals surface area contributed by atoms with Crippen LogP contribution in [-0.4, -0.2) is 42.4 Å². The number of hydrogen-bond donors (Lipinski definition) is 1. The Labute approximate surface area is 207 Å². The summed E-state index contributed by atoms with van der Waals surface area (Å²) >= 11 is 18.3. The molecule has 0 atom stereocenters. The Morgan fingerprint density at radius 3 is 2.30 bits per heavy atom. The fourth-order valence-corrected chi connectivity index (χ4v) is 5.44. The van der Waals surface area contributed by atoms with E-state index >= 15 is 0 Å². The van der Waals surface area contributed by atoms with Gasteiger partial charge < -0.3 is 0 Å². The summed E-state index contributed by atoms with van der Waals surface area (Å²) in [6, 6.07) is 11.5. The van der Waals surface area contributed by atoms with Gasteiger partial charge in [0.2, 0.25) is 0 Å². The zero-order valence-corrected chi connectivity index (χ0v) is 20.6. The lowest BCUT2D eigenvalue weighted by molar-refractivity contribution is -0.119. The van der Waals surface area contributed by atoms with E-state index in [-0.39, 0.29) is 18.0 Å². The van der Waals surface area contributed by atoms with Gasteiger partial charge >= 0.3 is 10.2 Å². The summed E-state index contributed by atoms with van der Waals surface area (Å²) in [5.41, 5.74) is 3.97. The minimum atomic E-state index is -4.24. The van der Waals surface area contributed by atoms with Crippen LogP contribution in [0, 0.1) is 0 Å². The van der Waals surface area contributed by atoms with Crippen molar-refractivity contribution in [3.63, 3.8) is 0 Å². The topological polar surface area (TPSA) is 82.1 Å². The highest BCUT2D eigenvalue weighted by molar-refractivity contribution is 7.88. The number of carbonyl (C=O) groups excluding carboxylic acids is 1.